The van der Waals surface area contributed by atoms with E-state index in [1.54, 1.807) is 18.4 Å². The molecular weight excluding hydrogens is 296 g/mol. The highest BCUT2D eigenvalue weighted by Crippen LogP contribution is 2.35. The molecule has 22 heavy (non-hydrogen) atoms. The molecule has 0 radical (unpaired) electrons. The number of amides is 1. The number of hydrogen-bond donors (Lipinski definition) is 1. The first kappa shape index (κ1) is 14.0. The third kappa shape index (κ3) is 2.11. The van der Waals surface area contributed by atoms with Gasteiger partial charge in [-0.1, -0.05) is 0 Å². The smallest absolute Gasteiger partial charge is 0.264 e. The summed E-state index contributed by atoms with van der Waals surface area (Å²) in [6.07, 6.45) is 0. The van der Waals surface area contributed by atoms with Gasteiger partial charge in [0.15, 0.2) is 0 Å². The third-order valence-corrected chi connectivity index (χ3v) is 6.28. The molecule has 2 saturated heterocycles. The van der Waals surface area contributed by atoms with Crippen molar-refractivity contribution >= 4 is 27.3 Å². The van der Waals surface area contributed by atoms with Gasteiger partial charge in [-0.3, -0.25) is 4.79 Å². The average Bonchev–Trinajstić information content (AvgIpc) is 3.19. The summed E-state index contributed by atoms with van der Waals surface area (Å²) in [5.74, 6) is 2.32. The molecule has 4 nitrogen and oxygen atoms in total. The maximum atomic E-state index is 12.9. The van der Waals surface area contributed by atoms with E-state index in [0.717, 1.165) is 52.5 Å². The van der Waals surface area contributed by atoms with E-state index in [0.29, 0.717) is 11.8 Å². The Morgan fingerprint density at radius 2 is 2.05 bits per heavy atom. The lowest BCUT2D eigenvalue weighted by Gasteiger charge is -2.17. The number of benzene rings is 1. The summed E-state index contributed by atoms with van der Waals surface area (Å²) < 4.78 is 6.45. The van der Waals surface area contributed by atoms with Gasteiger partial charge in [0.05, 0.1) is 12.0 Å². The lowest BCUT2D eigenvalue weighted by molar-refractivity contribution is 0.0786. The second-order valence-corrected chi connectivity index (χ2v) is 7.36. The van der Waals surface area contributed by atoms with Crippen LogP contribution in [-0.4, -0.2) is 44.1 Å². The molecule has 2 aliphatic rings. The summed E-state index contributed by atoms with van der Waals surface area (Å²) >= 11 is 1.60. The SMILES string of the molecule is COc1ccc2sc(C(=O)N3C[C@H]4CNC[C@H]4C3)c(C)c2c1. The largest absolute Gasteiger partial charge is 0.497 e. The van der Waals surface area contributed by atoms with Crippen molar-refractivity contribution in [3.8, 4) is 5.75 Å². The minimum atomic E-state index is 0.201. The van der Waals surface area contributed by atoms with Crippen LogP contribution in [0, 0.1) is 18.8 Å². The van der Waals surface area contributed by atoms with Crippen molar-refractivity contribution in [2.45, 2.75) is 6.92 Å². The van der Waals surface area contributed by atoms with Crippen LogP contribution >= 0.6 is 11.3 Å². The normalized spacial score (nSPS) is 24.0. The van der Waals surface area contributed by atoms with Crippen LogP contribution in [0.1, 0.15) is 15.2 Å². The number of carbonyl (C=O) groups is 1. The lowest BCUT2D eigenvalue weighted by Crippen LogP contribution is -2.31. The van der Waals surface area contributed by atoms with Gasteiger partial charge in [-0.2, -0.15) is 0 Å². The van der Waals surface area contributed by atoms with Crippen LogP contribution in [0.15, 0.2) is 18.2 Å². The molecule has 0 bridgehead atoms. The number of fused-ring (bicyclic) bond motifs is 2. The highest BCUT2D eigenvalue weighted by Gasteiger charge is 2.38. The van der Waals surface area contributed by atoms with E-state index in [4.69, 9.17) is 4.74 Å². The van der Waals surface area contributed by atoms with Crippen molar-refractivity contribution in [2.24, 2.45) is 11.8 Å². The average molecular weight is 316 g/mol. The van der Waals surface area contributed by atoms with Gasteiger partial charge in [0.25, 0.3) is 5.91 Å². The van der Waals surface area contributed by atoms with Gasteiger partial charge in [-0.05, 0) is 47.9 Å². The summed E-state index contributed by atoms with van der Waals surface area (Å²) in [7, 11) is 1.67. The summed E-state index contributed by atoms with van der Waals surface area (Å²) in [5.41, 5.74) is 1.08. The Balaban J connectivity index is 1.66. The number of methoxy groups -OCH3 is 1. The zero-order valence-corrected chi connectivity index (χ0v) is 13.7. The molecule has 0 saturated carbocycles. The maximum Gasteiger partial charge on any atom is 0.264 e. The number of nitrogens with one attached hydrogen (secondary N) is 1. The summed E-state index contributed by atoms with van der Waals surface area (Å²) in [6.45, 7) is 5.94. The van der Waals surface area contributed by atoms with Crippen molar-refractivity contribution in [2.75, 3.05) is 33.3 Å². The van der Waals surface area contributed by atoms with Crippen LogP contribution in [0.5, 0.6) is 5.75 Å². The van der Waals surface area contributed by atoms with E-state index in [1.165, 1.54) is 0 Å². The number of hydrogen-bond acceptors (Lipinski definition) is 4. The Labute approximate surface area is 134 Å². The molecule has 2 aliphatic heterocycles. The van der Waals surface area contributed by atoms with Gasteiger partial charge >= 0.3 is 0 Å². The monoisotopic (exact) mass is 316 g/mol. The zero-order valence-electron chi connectivity index (χ0n) is 12.9. The fourth-order valence-corrected chi connectivity index (χ4v) is 4.85. The number of likely N-dealkylation sites (tertiary alicyclic amines) is 1. The molecule has 0 aliphatic carbocycles. The van der Waals surface area contributed by atoms with E-state index in [2.05, 4.69) is 5.32 Å². The topological polar surface area (TPSA) is 41.6 Å². The quantitative estimate of drug-likeness (QED) is 0.925. The van der Waals surface area contributed by atoms with Crippen LogP contribution < -0.4 is 10.1 Å². The first-order valence-electron chi connectivity index (χ1n) is 7.74. The Morgan fingerprint density at radius 1 is 1.32 bits per heavy atom. The zero-order chi connectivity index (χ0) is 15.3. The van der Waals surface area contributed by atoms with Crippen LogP contribution in [0.4, 0.5) is 0 Å². The lowest BCUT2D eigenvalue weighted by atomic mass is 10.0. The highest BCUT2D eigenvalue weighted by molar-refractivity contribution is 7.21. The van der Waals surface area contributed by atoms with Crippen molar-refractivity contribution in [3.05, 3.63) is 28.6 Å². The second kappa shape index (κ2) is 5.25. The van der Waals surface area contributed by atoms with Gasteiger partial charge in [-0.25, -0.2) is 0 Å². The molecule has 116 valence electrons. The number of nitrogens with zero attached hydrogens (tertiary/aromatic N) is 1. The first-order valence-corrected chi connectivity index (χ1v) is 8.56. The van der Waals surface area contributed by atoms with Gasteiger partial charge in [-0.15, -0.1) is 11.3 Å². The molecule has 5 heteroatoms. The standard InChI is InChI=1S/C17H20N2O2S/c1-10-14-5-13(21-2)3-4-15(14)22-16(10)17(20)19-8-11-6-18-7-12(11)9-19/h3-5,11-12,18H,6-9H2,1-2H3/t11-,12+. The Kier molecular flexibility index (Phi) is 3.35. The minimum Gasteiger partial charge on any atom is -0.497 e. The number of rotatable bonds is 2. The number of ether oxygens (including phenoxy) is 1. The third-order valence-electron chi connectivity index (χ3n) is 5.01. The summed E-state index contributed by atoms with van der Waals surface area (Å²) in [6, 6.07) is 6.03. The minimum absolute atomic E-state index is 0.201. The Hall–Kier alpha value is -1.59. The van der Waals surface area contributed by atoms with E-state index < -0.39 is 0 Å². The fourth-order valence-electron chi connectivity index (χ4n) is 3.70. The van der Waals surface area contributed by atoms with Gasteiger partial charge in [0.1, 0.15) is 5.75 Å². The summed E-state index contributed by atoms with van der Waals surface area (Å²) in [4.78, 5) is 15.8. The molecular formula is C17H20N2O2S. The van der Waals surface area contributed by atoms with E-state index >= 15 is 0 Å². The van der Waals surface area contributed by atoms with E-state index in [9.17, 15) is 4.79 Å². The molecule has 2 aromatic rings. The molecule has 1 N–H and O–H groups in total. The Morgan fingerprint density at radius 3 is 2.73 bits per heavy atom. The van der Waals surface area contributed by atoms with Crippen molar-refractivity contribution in [1.82, 2.24) is 10.2 Å². The van der Waals surface area contributed by atoms with Gasteiger partial charge < -0.3 is 15.0 Å². The number of carbonyl (C=O) groups excluding carboxylic acids is 1. The molecule has 2 atom stereocenters. The van der Waals surface area contributed by atoms with Gasteiger partial charge in [0, 0.05) is 30.9 Å². The molecule has 0 unspecified atom stereocenters. The van der Waals surface area contributed by atoms with Crippen molar-refractivity contribution in [3.63, 3.8) is 0 Å². The molecule has 3 heterocycles. The maximum absolute atomic E-state index is 12.9. The highest BCUT2D eigenvalue weighted by atomic mass is 32.1. The predicted molar refractivity (Wildman–Crippen MR) is 88.9 cm³/mol. The van der Waals surface area contributed by atoms with Crippen LogP contribution in [-0.2, 0) is 0 Å². The Bertz CT molecular complexity index is 728. The fraction of sp³-hybridized carbons (Fsp3) is 0.471. The molecule has 1 aromatic carbocycles. The number of aryl methyl sites for hydroxylation is 1. The van der Waals surface area contributed by atoms with Crippen LogP contribution in [0.3, 0.4) is 0 Å². The predicted octanol–water partition coefficient (Wildman–Crippen LogP) is 2.51. The van der Waals surface area contributed by atoms with Crippen molar-refractivity contribution < 1.29 is 9.53 Å². The molecule has 4 rings (SSSR count). The summed E-state index contributed by atoms with van der Waals surface area (Å²) in [5, 5.41) is 4.55. The molecule has 0 spiro atoms. The first-order chi connectivity index (χ1) is 10.7. The van der Waals surface area contributed by atoms with Gasteiger partial charge in [0.2, 0.25) is 0 Å². The van der Waals surface area contributed by atoms with Crippen LogP contribution in [0.2, 0.25) is 0 Å². The van der Waals surface area contributed by atoms with Crippen LogP contribution in [0.25, 0.3) is 10.1 Å². The van der Waals surface area contributed by atoms with Crippen molar-refractivity contribution in [1.29, 1.82) is 0 Å². The molecule has 1 aromatic heterocycles. The number of thiophene rings is 1. The molecule has 1 amide bonds. The molecule has 2 fully saturated rings. The van der Waals surface area contributed by atoms with E-state index in [1.807, 2.05) is 30.0 Å². The second-order valence-electron chi connectivity index (χ2n) is 6.31. The van der Waals surface area contributed by atoms with E-state index in [-0.39, 0.29) is 5.91 Å².